The molecule has 218 valence electrons. The first-order valence-corrected chi connectivity index (χ1v) is 15.5. The molecule has 1 heterocycles. The van der Waals surface area contributed by atoms with E-state index in [9.17, 15) is 8.42 Å². The predicted octanol–water partition coefficient (Wildman–Crippen LogP) is 6.18. The van der Waals surface area contributed by atoms with Gasteiger partial charge in [-0.25, -0.2) is 0 Å². The Morgan fingerprint density at radius 2 is 1.44 bits per heavy atom. The van der Waals surface area contributed by atoms with Gasteiger partial charge in [-0.2, -0.15) is 8.42 Å². The summed E-state index contributed by atoms with van der Waals surface area (Å²) in [6.45, 7) is 3.56. The average Bonchev–Trinajstić information content (AvgIpc) is 2.92. The summed E-state index contributed by atoms with van der Waals surface area (Å²) in [5.41, 5.74) is 2.24. The summed E-state index contributed by atoms with van der Waals surface area (Å²) >= 11 is 0. The van der Waals surface area contributed by atoms with Gasteiger partial charge in [0, 0.05) is 31.6 Å². The van der Waals surface area contributed by atoms with Crippen LogP contribution in [-0.4, -0.2) is 55.7 Å². The molecule has 0 spiro atoms. The molecule has 0 bridgehead atoms. The van der Waals surface area contributed by atoms with Gasteiger partial charge in [-0.15, -0.1) is 0 Å². The van der Waals surface area contributed by atoms with E-state index >= 15 is 0 Å². The maximum atomic E-state index is 11.0. The number of methoxy groups -OCH3 is 2. The minimum Gasteiger partial charge on any atom is -0.492 e. The fraction of sp³-hybridized carbons (Fsp3) is 0.600. The van der Waals surface area contributed by atoms with Gasteiger partial charge in [-0.05, 0) is 42.2 Å². The van der Waals surface area contributed by atoms with Crippen LogP contribution in [0.3, 0.4) is 0 Å². The van der Waals surface area contributed by atoms with Crippen LogP contribution in [-0.2, 0) is 29.2 Å². The molecule has 0 aromatic heterocycles. The van der Waals surface area contributed by atoms with Crippen molar-refractivity contribution in [3.05, 3.63) is 53.6 Å². The molecule has 0 saturated carbocycles. The van der Waals surface area contributed by atoms with Crippen LogP contribution in [0.5, 0.6) is 17.2 Å². The molecule has 2 aromatic carbocycles. The van der Waals surface area contributed by atoms with E-state index < -0.39 is 10.1 Å². The van der Waals surface area contributed by atoms with E-state index in [1.807, 2.05) is 24.3 Å². The molecule has 1 aliphatic rings. The first-order chi connectivity index (χ1) is 18.8. The molecule has 0 amide bonds. The van der Waals surface area contributed by atoms with Crippen molar-refractivity contribution in [1.29, 1.82) is 0 Å². The molecule has 2 atom stereocenters. The van der Waals surface area contributed by atoms with Gasteiger partial charge in [0.15, 0.2) is 13.6 Å². The second kappa shape index (κ2) is 15.5. The number of fused-ring (bicyclic) bond motifs is 1. The Bertz CT molecular complexity index is 1100. The summed E-state index contributed by atoms with van der Waals surface area (Å²) in [5, 5.41) is 0. The van der Waals surface area contributed by atoms with Crippen LogP contribution in [0.25, 0.3) is 0 Å². The molecule has 0 radical (unpaired) electrons. The second-order valence-electron chi connectivity index (χ2n) is 10.4. The third kappa shape index (κ3) is 9.67. The Hall–Kier alpha value is -2.33. The van der Waals surface area contributed by atoms with E-state index in [0.717, 1.165) is 74.9 Å². The third-order valence-electron chi connectivity index (χ3n) is 7.29. The zero-order chi connectivity index (χ0) is 28.1. The predicted molar refractivity (Wildman–Crippen MR) is 151 cm³/mol. The summed E-state index contributed by atoms with van der Waals surface area (Å²) in [5.74, 6) is 2.68. The summed E-state index contributed by atoms with van der Waals surface area (Å²) < 4.78 is 54.5. The van der Waals surface area contributed by atoms with Crippen molar-refractivity contribution in [1.82, 2.24) is 0 Å². The molecular formula is C30H44O8S. The topological polar surface area (TPSA) is 89.5 Å². The Morgan fingerprint density at radius 3 is 2.08 bits per heavy atom. The lowest BCUT2D eigenvalue weighted by Crippen LogP contribution is -2.40. The SMILES string of the molecule is COCOc1ccc(C2(C)COc3cc(OCOC)ccc3C2CCCCCCCCCOS(C)(=O)=O)cc1. The maximum absolute atomic E-state index is 11.0. The molecule has 9 heteroatoms. The van der Waals surface area contributed by atoms with Crippen LogP contribution in [0.4, 0.5) is 0 Å². The van der Waals surface area contributed by atoms with Crippen LogP contribution in [0.15, 0.2) is 42.5 Å². The highest BCUT2D eigenvalue weighted by molar-refractivity contribution is 7.85. The zero-order valence-corrected chi connectivity index (χ0v) is 24.6. The summed E-state index contributed by atoms with van der Waals surface area (Å²) in [6, 6.07) is 14.4. The Morgan fingerprint density at radius 1 is 0.846 bits per heavy atom. The molecular weight excluding hydrogens is 520 g/mol. The highest BCUT2D eigenvalue weighted by atomic mass is 32.2. The van der Waals surface area contributed by atoms with Crippen LogP contribution < -0.4 is 14.2 Å². The van der Waals surface area contributed by atoms with E-state index in [4.69, 9.17) is 27.9 Å². The van der Waals surface area contributed by atoms with Crippen LogP contribution >= 0.6 is 0 Å². The lowest BCUT2D eigenvalue weighted by atomic mass is 9.66. The molecule has 0 aliphatic carbocycles. The molecule has 0 fully saturated rings. The standard InChI is InChI=1S/C30H44O8S/c1-30(24-13-15-25(16-14-24)36-22-33-2)21-35-29-20-26(37-23-34-3)17-18-27(29)28(30)12-10-8-6-5-7-9-11-19-38-39(4,31)32/h13-18,20,28H,5-12,19,21-23H2,1-4H3. The minimum absolute atomic E-state index is 0.193. The summed E-state index contributed by atoms with van der Waals surface area (Å²) in [7, 11) is -0.119. The van der Waals surface area contributed by atoms with Gasteiger partial charge in [-0.3, -0.25) is 4.18 Å². The van der Waals surface area contributed by atoms with Crippen molar-refractivity contribution >= 4 is 10.1 Å². The fourth-order valence-electron chi connectivity index (χ4n) is 5.18. The van der Waals surface area contributed by atoms with Crippen molar-refractivity contribution in [2.45, 2.75) is 69.6 Å². The highest BCUT2D eigenvalue weighted by Gasteiger charge is 2.42. The van der Waals surface area contributed by atoms with Gasteiger partial charge in [0.1, 0.15) is 17.2 Å². The minimum atomic E-state index is -3.34. The molecule has 2 aromatic rings. The molecule has 2 unspecified atom stereocenters. The summed E-state index contributed by atoms with van der Waals surface area (Å²) in [4.78, 5) is 0. The summed E-state index contributed by atoms with van der Waals surface area (Å²) in [6.07, 6.45) is 9.57. The van der Waals surface area contributed by atoms with E-state index in [0.29, 0.717) is 6.61 Å². The number of unbranched alkanes of at least 4 members (excludes halogenated alkanes) is 6. The van der Waals surface area contributed by atoms with Gasteiger partial charge >= 0.3 is 0 Å². The zero-order valence-electron chi connectivity index (χ0n) is 23.8. The van der Waals surface area contributed by atoms with Crippen molar-refractivity contribution in [2.75, 3.05) is 47.3 Å². The second-order valence-corrected chi connectivity index (χ2v) is 12.0. The fourth-order valence-corrected chi connectivity index (χ4v) is 5.60. The largest absolute Gasteiger partial charge is 0.492 e. The van der Waals surface area contributed by atoms with E-state index in [-0.39, 0.29) is 31.5 Å². The van der Waals surface area contributed by atoms with Crippen molar-refractivity contribution in [3.63, 3.8) is 0 Å². The van der Waals surface area contributed by atoms with Crippen LogP contribution in [0.2, 0.25) is 0 Å². The number of hydrogen-bond acceptors (Lipinski definition) is 8. The number of rotatable bonds is 18. The first kappa shape index (κ1) is 31.2. The van der Waals surface area contributed by atoms with Gasteiger partial charge in [0.05, 0.1) is 19.5 Å². The smallest absolute Gasteiger partial charge is 0.264 e. The Labute approximate surface area is 234 Å². The average molecular weight is 565 g/mol. The van der Waals surface area contributed by atoms with E-state index in [2.05, 4.69) is 25.1 Å². The van der Waals surface area contributed by atoms with E-state index in [1.54, 1.807) is 14.2 Å². The maximum Gasteiger partial charge on any atom is 0.264 e. The monoisotopic (exact) mass is 564 g/mol. The lowest BCUT2D eigenvalue weighted by Gasteiger charge is -2.43. The van der Waals surface area contributed by atoms with Crippen molar-refractivity contribution in [3.8, 4) is 17.2 Å². The molecule has 8 nitrogen and oxygen atoms in total. The Balaban J connectivity index is 1.62. The van der Waals surface area contributed by atoms with Gasteiger partial charge < -0.3 is 23.7 Å². The highest BCUT2D eigenvalue weighted by Crippen LogP contribution is 2.50. The van der Waals surface area contributed by atoms with Gasteiger partial charge in [0.2, 0.25) is 0 Å². The number of hydrogen-bond donors (Lipinski definition) is 0. The Kier molecular flexibility index (Phi) is 12.4. The van der Waals surface area contributed by atoms with E-state index in [1.165, 1.54) is 11.1 Å². The van der Waals surface area contributed by atoms with Crippen molar-refractivity contribution < 1.29 is 36.3 Å². The normalized spacial score (nSPS) is 18.8. The van der Waals surface area contributed by atoms with Crippen molar-refractivity contribution in [2.24, 2.45) is 0 Å². The van der Waals surface area contributed by atoms with Crippen LogP contribution in [0, 0.1) is 0 Å². The number of ether oxygens (including phenoxy) is 5. The molecule has 39 heavy (non-hydrogen) atoms. The van der Waals surface area contributed by atoms with Gasteiger partial charge in [-0.1, -0.05) is 63.6 Å². The van der Waals surface area contributed by atoms with Gasteiger partial charge in [0.25, 0.3) is 10.1 Å². The number of benzene rings is 2. The van der Waals surface area contributed by atoms with Crippen LogP contribution in [0.1, 0.15) is 75.3 Å². The third-order valence-corrected chi connectivity index (χ3v) is 7.89. The quantitative estimate of drug-likeness (QED) is 0.120. The molecule has 1 aliphatic heterocycles. The molecule has 0 N–H and O–H groups in total. The molecule has 3 rings (SSSR count). The first-order valence-electron chi connectivity index (χ1n) is 13.7. The lowest BCUT2D eigenvalue weighted by molar-refractivity contribution is 0.0505. The molecule has 0 saturated heterocycles.